The Hall–Kier alpha value is -1.00. The van der Waals surface area contributed by atoms with Gasteiger partial charge in [-0.2, -0.15) is 0 Å². The molecule has 0 radical (unpaired) electrons. The molecule has 1 aromatic rings. The minimum Gasteiger partial charge on any atom is -0.349 e. The number of hydrogen-bond acceptors (Lipinski definition) is 3. The van der Waals surface area contributed by atoms with Crippen LogP contribution >= 0.6 is 11.8 Å². The third-order valence-electron chi connectivity index (χ3n) is 3.75. The maximum Gasteiger partial charge on any atom is 0.230 e. The van der Waals surface area contributed by atoms with Crippen LogP contribution in [-0.2, 0) is 4.79 Å². The molecule has 1 aliphatic carbocycles. The van der Waals surface area contributed by atoms with Crippen LogP contribution in [0.25, 0.3) is 0 Å². The summed E-state index contributed by atoms with van der Waals surface area (Å²) in [4.78, 5) is 13.1. The van der Waals surface area contributed by atoms with Gasteiger partial charge in [-0.1, -0.05) is 30.5 Å². The summed E-state index contributed by atoms with van der Waals surface area (Å²) in [6.07, 6.45) is 4.38. The average molecular weight is 278 g/mol. The summed E-state index contributed by atoms with van der Waals surface area (Å²) in [5, 5.41) is 3.14. The highest BCUT2D eigenvalue weighted by molar-refractivity contribution is 8.00. The number of aryl methyl sites for hydroxylation is 1. The van der Waals surface area contributed by atoms with Gasteiger partial charge < -0.3 is 11.1 Å². The summed E-state index contributed by atoms with van der Waals surface area (Å²) in [6, 6.07) is 8.25. The van der Waals surface area contributed by atoms with Crippen molar-refractivity contribution in [3.05, 3.63) is 29.8 Å². The zero-order valence-electron chi connectivity index (χ0n) is 11.4. The van der Waals surface area contributed by atoms with Gasteiger partial charge in [0.2, 0.25) is 5.91 Å². The summed E-state index contributed by atoms with van der Waals surface area (Å²) < 4.78 is 0. The van der Waals surface area contributed by atoms with E-state index in [2.05, 4.69) is 36.5 Å². The number of amides is 1. The zero-order valence-corrected chi connectivity index (χ0v) is 12.3. The van der Waals surface area contributed by atoms with Crippen LogP contribution in [0.1, 0.15) is 31.2 Å². The Bertz CT molecular complexity index is 424. The molecule has 0 bridgehead atoms. The lowest BCUT2D eigenvalue weighted by Crippen LogP contribution is -2.52. The fraction of sp³-hybridized carbons (Fsp3) is 0.533. The maximum atomic E-state index is 12.0. The van der Waals surface area contributed by atoms with E-state index in [0.717, 1.165) is 17.7 Å². The predicted octanol–water partition coefficient (Wildman–Crippen LogP) is 2.47. The molecule has 1 aliphatic rings. The lowest BCUT2D eigenvalue weighted by Gasteiger charge is -2.28. The third kappa shape index (κ3) is 3.98. The van der Waals surface area contributed by atoms with E-state index in [1.807, 2.05) is 0 Å². The van der Waals surface area contributed by atoms with E-state index in [0.29, 0.717) is 12.3 Å². The lowest BCUT2D eigenvalue weighted by molar-refractivity contribution is -0.120. The Labute approximate surface area is 119 Å². The van der Waals surface area contributed by atoms with Gasteiger partial charge in [-0.3, -0.25) is 4.79 Å². The molecular formula is C15H22N2OS. The molecule has 1 saturated carbocycles. The summed E-state index contributed by atoms with van der Waals surface area (Å²) in [5.41, 5.74) is 6.92. The van der Waals surface area contributed by atoms with Gasteiger partial charge >= 0.3 is 0 Å². The van der Waals surface area contributed by atoms with E-state index in [1.54, 1.807) is 11.8 Å². The molecule has 2 rings (SSSR count). The van der Waals surface area contributed by atoms with Crippen LogP contribution in [0, 0.1) is 6.92 Å². The van der Waals surface area contributed by atoms with Crippen LogP contribution in [0.15, 0.2) is 29.2 Å². The number of benzene rings is 1. The summed E-state index contributed by atoms with van der Waals surface area (Å²) in [5.74, 6) is 0.558. The number of carbonyl (C=O) groups excluding carboxylic acids is 1. The van der Waals surface area contributed by atoms with Crippen LogP contribution in [0.2, 0.25) is 0 Å². The molecule has 1 amide bonds. The Morgan fingerprint density at radius 2 is 1.95 bits per heavy atom. The Kier molecular flexibility index (Phi) is 4.88. The van der Waals surface area contributed by atoms with E-state index in [4.69, 9.17) is 5.73 Å². The highest BCUT2D eigenvalue weighted by Crippen LogP contribution is 2.29. The minimum absolute atomic E-state index is 0.0953. The normalized spacial score (nSPS) is 17.4. The number of hydrogen-bond donors (Lipinski definition) is 2. The topological polar surface area (TPSA) is 55.1 Å². The Balaban J connectivity index is 1.82. The van der Waals surface area contributed by atoms with E-state index >= 15 is 0 Å². The van der Waals surface area contributed by atoms with E-state index in [1.165, 1.54) is 18.4 Å². The maximum absolute atomic E-state index is 12.0. The summed E-state index contributed by atoms with van der Waals surface area (Å²) in [7, 11) is 0. The van der Waals surface area contributed by atoms with Gasteiger partial charge in [0.05, 0.1) is 11.3 Å². The molecule has 19 heavy (non-hydrogen) atoms. The van der Waals surface area contributed by atoms with Gasteiger partial charge in [-0.25, -0.2) is 0 Å². The standard InChI is InChI=1S/C15H22N2OS/c1-12-4-6-13(7-5-12)19-10-14(18)17-15(11-16)8-2-3-9-15/h4-7H,2-3,8-11,16H2,1H3,(H,17,18). The molecule has 3 nitrogen and oxygen atoms in total. The number of carbonyl (C=O) groups is 1. The Morgan fingerprint density at radius 1 is 1.32 bits per heavy atom. The zero-order chi connectivity index (χ0) is 13.7. The molecule has 1 aromatic carbocycles. The fourth-order valence-electron chi connectivity index (χ4n) is 2.55. The quantitative estimate of drug-likeness (QED) is 0.814. The van der Waals surface area contributed by atoms with Crippen molar-refractivity contribution in [1.29, 1.82) is 0 Å². The molecule has 0 aromatic heterocycles. The monoisotopic (exact) mass is 278 g/mol. The second-order valence-electron chi connectivity index (χ2n) is 5.34. The van der Waals surface area contributed by atoms with Crippen molar-refractivity contribution < 1.29 is 4.79 Å². The van der Waals surface area contributed by atoms with Crippen LogP contribution in [-0.4, -0.2) is 23.7 Å². The Morgan fingerprint density at radius 3 is 2.53 bits per heavy atom. The minimum atomic E-state index is -0.134. The molecule has 0 atom stereocenters. The predicted molar refractivity (Wildman–Crippen MR) is 80.3 cm³/mol. The highest BCUT2D eigenvalue weighted by atomic mass is 32.2. The van der Waals surface area contributed by atoms with Crippen LogP contribution in [0.4, 0.5) is 0 Å². The van der Waals surface area contributed by atoms with Crippen molar-refractivity contribution in [2.24, 2.45) is 5.73 Å². The molecule has 104 valence electrons. The molecule has 0 heterocycles. The number of rotatable bonds is 5. The molecule has 3 N–H and O–H groups in total. The first-order valence-electron chi connectivity index (χ1n) is 6.84. The first-order valence-corrected chi connectivity index (χ1v) is 7.83. The molecule has 0 saturated heterocycles. The molecule has 0 aliphatic heterocycles. The van der Waals surface area contributed by atoms with Crippen molar-refractivity contribution in [2.45, 2.75) is 43.0 Å². The first-order chi connectivity index (χ1) is 9.13. The molecule has 4 heteroatoms. The van der Waals surface area contributed by atoms with Gasteiger partial charge in [0.15, 0.2) is 0 Å². The second kappa shape index (κ2) is 6.44. The van der Waals surface area contributed by atoms with Crippen LogP contribution in [0.5, 0.6) is 0 Å². The largest absolute Gasteiger partial charge is 0.349 e. The second-order valence-corrected chi connectivity index (χ2v) is 6.39. The fourth-order valence-corrected chi connectivity index (χ4v) is 3.25. The van der Waals surface area contributed by atoms with Crippen molar-refractivity contribution in [3.8, 4) is 0 Å². The van der Waals surface area contributed by atoms with E-state index < -0.39 is 0 Å². The number of nitrogens with one attached hydrogen (secondary N) is 1. The lowest BCUT2D eigenvalue weighted by atomic mass is 9.98. The van der Waals surface area contributed by atoms with Gasteiger partial charge in [-0.05, 0) is 31.9 Å². The summed E-state index contributed by atoms with van der Waals surface area (Å²) in [6.45, 7) is 2.61. The summed E-state index contributed by atoms with van der Waals surface area (Å²) >= 11 is 1.58. The number of thioether (sulfide) groups is 1. The molecule has 0 spiro atoms. The van der Waals surface area contributed by atoms with Crippen LogP contribution in [0.3, 0.4) is 0 Å². The van der Waals surface area contributed by atoms with E-state index in [-0.39, 0.29) is 11.4 Å². The first kappa shape index (κ1) is 14.4. The van der Waals surface area contributed by atoms with Gasteiger partial charge in [-0.15, -0.1) is 11.8 Å². The highest BCUT2D eigenvalue weighted by Gasteiger charge is 2.33. The third-order valence-corrected chi connectivity index (χ3v) is 4.76. The van der Waals surface area contributed by atoms with Crippen molar-refractivity contribution in [2.75, 3.05) is 12.3 Å². The number of nitrogens with two attached hydrogens (primary N) is 1. The van der Waals surface area contributed by atoms with Gasteiger partial charge in [0.1, 0.15) is 0 Å². The van der Waals surface area contributed by atoms with Crippen molar-refractivity contribution >= 4 is 17.7 Å². The van der Waals surface area contributed by atoms with Crippen LogP contribution < -0.4 is 11.1 Å². The van der Waals surface area contributed by atoms with Gasteiger partial charge in [0.25, 0.3) is 0 Å². The average Bonchev–Trinajstić information content (AvgIpc) is 2.87. The SMILES string of the molecule is Cc1ccc(SCC(=O)NC2(CN)CCCC2)cc1. The molecular weight excluding hydrogens is 256 g/mol. The van der Waals surface area contributed by atoms with Crippen molar-refractivity contribution in [3.63, 3.8) is 0 Å². The van der Waals surface area contributed by atoms with Gasteiger partial charge in [0, 0.05) is 11.4 Å². The molecule has 0 unspecified atom stereocenters. The van der Waals surface area contributed by atoms with E-state index in [9.17, 15) is 4.79 Å². The van der Waals surface area contributed by atoms with Crippen molar-refractivity contribution in [1.82, 2.24) is 5.32 Å². The molecule has 1 fully saturated rings. The smallest absolute Gasteiger partial charge is 0.230 e.